The highest BCUT2D eigenvalue weighted by Crippen LogP contribution is 2.42. The van der Waals surface area contributed by atoms with Crippen molar-refractivity contribution in [2.45, 2.75) is 11.6 Å². The summed E-state index contributed by atoms with van der Waals surface area (Å²) in [5.74, 6) is -1.21. The molecular formula is C23H19N3O2. The van der Waals surface area contributed by atoms with E-state index >= 15 is 0 Å². The van der Waals surface area contributed by atoms with Crippen LogP contribution in [-0.2, 0) is 15.1 Å². The van der Waals surface area contributed by atoms with Crippen molar-refractivity contribution in [3.8, 4) is 0 Å². The van der Waals surface area contributed by atoms with Crippen molar-refractivity contribution in [2.24, 2.45) is 5.73 Å². The Morgan fingerprint density at radius 2 is 1.21 bits per heavy atom. The van der Waals surface area contributed by atoms with E-state index in [9.17, 15) is 9.59 Å². The van der Waals surface area contributed by atoms with E-state index in [4.69, 9.17) is 5.73 Å². The first-order chi connectivity index (χ1) is 13.7. The Morgan fingerprint density at radius 3 is 1.57 bits per heavy atom. The van der Waals surface area contributed by atoms with Gasteiger partial charge in [0.2, 0.25) is 5.91 Å². The summed E-state index contributed by atoms with van der Waals surface area (Å²) in [6, 6.07) is 28.0. The van der Waals surface area contributed by atoms with Gasteiger partial charge < -0.3 is 20.4 Å². The molecule has 2 amide bonds. The third kappa shape index (κ3) is 2.68. The lowest BCUT2D eigenvalue weighted by Crippen LogP contribution is -2.73. The van der Waals surface area contributed by atoms with Crippen LogP contribution in [0.15, 0.2) is 91.0 Å². The van der Waals surface area contributed by atoms with Crippen molar-refractivity contribution < 1.29 is 14.6 Å². The lowest BCUT2D eigenvalue weighted by atomic mass is 9.75. The van der Waals surface area contributed by atoms with Gasteiger partial charge in [-0.3, -0.25) is 4.79 Å². The number of primary amides is 1. The highest BCUT2D eigenvalue weighted by Gasteiger charge is 2.51. The Bertz CT molecular complexity index is 921. The molecule has 0 aliphatic carbocycles. The number of nitrogens with one attached hydrogen (secondary N) is 1. The van der Waals surface area contributed by atoms with E-state index in [0.717, 1.165) is 16.7 Å². The quantitative estimate of drug-likeness (QED) is 0.394. The Kier molecular flexibility index (Phi) is 4.49. The van der Waals surface area contributed by atoms with Crippen LogP contribution in [0.2, 0.25) is 0 Å². The van der Waals surface area contributed by atoms with Crippen LogP contribution in [0.3, 0.4) is 0 Å². The van der Waals surface area contributed by atoms with Gasteiger partial charge >= 0.3 is 0 Å². The van der Waals surface area contributed by atoms with Crippen LogP contribution >= 0.6 is 0 Å². The van der Waals surface area contributed by atoms with E-state index in [1.54, 1.807) is 4.90 Å². The van der Waals surface area contributed by atoms with E-state index in [-0.39, 0.29) is 0 Å². The number of carbonyl (C=O) groups is 2. The van der Waals surface area contributed by atoms with Crippen molar-refractivity contribution in [3.63, 3.8) is 0 Å². The zero-order chi connectivity index (χ0) is 19.6. The number of hydrogen-bond acceptors (Lipinski definition) is 3. The smallest absolute Gasteiger partial charge is 0.254 e. The molecule has 138 valence electrons. The van der Waals surface area contributed by atoms with Crippen LogP contribution in [0.1, 0.15) is 16.7 Å². The maximum Gasteiger partial charge on any atom is 0.254 e. The zero-order valence-electron chi connectivity index (χ0n) is 15.1. The Labute approximate surface area is 163 Å². The summed E-state index contributed by atoms with van der Waals surface area (Å²) in [4.78, 5) is 28.9. The molecule has 0 radical (unpaired) electrons. The predicted molar refractivity (Wildman–Crippen MR) is 105 cm³/mol. The summed E-state index contributed by atoms with van der Waals surface area (Å²) >= 11 is 0. The normalized spacial score (nSPS) is 16.4. The first kappa shape index (κ1) is 17.7. The van der Waals surface area contributed by atoms with Gasteiger partial charge in [0.05, 0.1) is 0 Å². The number of nitrogens with zero attached hydrogens (tertiary/aromatic N) is 1. The Hall–Kier alpha value is -3.73. The SMILES string of the molecule is NC(=O)C1C(=O)[NH+]=[C-]N1C(c1ccccc1)(c1ccccc1)c1ccccc1. The fourth-order valence-electron chi connectivity index (χ4n) is 3.85. The maximum absolute atomic E-state index is 12.5. The van der Waals surface area contributed by atoms with Crippen LogP contribution in [0.4, 0.5) is 0 Å². The molecule has 5 nitrogen and oxygen atoms in total. The summed E-state index contributed by atoms with van der Waals surface area (Å²) in [5, 5.41) is 0. The number of rotatable bonds is 5. The standard InChI is InChI=1S/C23H19N3O2/c24-21(27)20-22(28)25-16-26(20)23(17-10-4-1-5-11-17,18-12-6-2-7-13-18)19-14-8-3-9-15-19/h1-15,20,25H,(H2,24,27). The first-order valence-electron chi connectivity index (χ1n) is 8.96. The fourth-order valence-corrected chi connectivity index (χ4v) is 3.85. The van der Waals surface area contributed by atoms with Gasteiger partial charge in [0, 0.05) is 16.7 Å². The molecule has 0 aromatic heterocycles. The molecule has 3 aromatic rings. The molecule has 1 aliphatic rings. The molecule has 0 saturated heterocycles. The van der Waals surface area contributed by atoms with Gasteiger partial charge in [-0.05, 0) is 0 Å². The van der Waals surface area contributed by atoms with Crippen LogP contribution < -0.4 is 10.7 Å². The van der Waals surface area contributed by atoms with E-state index in [1.165, 1.54) is 0 Å². The monoisotopic (exact) mass is 369 g/mol. The minimum Gasteiger partial charge on any atom is -0.374 e. The minimum absolute atomic E-state index is 0.486. The molecule has 0 spiro atoms. The molecule has 3 aromatic carbocycles. The van der Waals surface area contributed by atoms with Crippen LogP contribution in [0, 0.1) is 0 Å². The Morgan fingerprint density at radius 1 is 0.821 bits per heavy atom. The first-order valence-corrected chi connectivity index (χ1v) is 8.96. The molecular weight excluding hydrogens is 350 g/mol. The predicted octanol–water partition coefficient (Wildman–Crippen LogP) is 0.661. The lowest BCUT2D eigenvalue weighted by molar-refractivity contribution is -0.366. The molecule has 1 unspecified atom stereocenters. The number of benzene rings is 3. The second kappa shape index (κ2) is 7.12. The second-order valence-electron chi connectivity index (χ2n) is 6.58. The third-order valence-corrected chi connectivity index (χ3v) is 5.01. The molecule has 1 atom stereocenters. The molecule has 1 heterocycles. The highest BCUT2D eigenvalue weighted by atomic mass is 16.2. The van der Waals surface area contributed by atoms with Crippen molar-refractivity contribution in [1.29, 1.82) is 0 Å². The largest absolute Gasteiger partial charge is 0.374 e. The van der Waals surface area contributed by atoms with E-state index in [1.807, 2.05) is 91.0 Å². The topological polar surface area (TPSA) is 77.4 Å². The third-order valence-electron chi connectivity index (χ3n) is 5.01. The van der Waals surface area contributed by atoms with Crippen LogP contribution in [0.5, 0.6) is 0 Å². The highest BCUT2D eigenvalue weighted by molar-refractivity contribution is 6.04. The van der Waals surface area contributed by atoms with Gasteiger partial charge in [-0.1, -0.05) is 91.0 Å². The van der Waals surface area contributed by atoms with Crippen molar-refractivity contribution in [1.82, 2.24) is 4.90 Å². The van der Waals surface area contributed by atoms with Crippen molar-refractivity contribution in [2.75, 3.05) is 0 Å². The lowest BCUT2D eigenvalue weighted by Gasteiger charge is -2.43. The summed E-state index contributed by atoms with van der Waals surface area (Å²) in [5.41, 5.74) is 7.33. The summed E-state index contributed by atoms with van der Waals surface area (Å²) < 4.78 is 0. The molecule has 4 rings (SSSR count). The summed E-state index contributed by atoms with van der Waals surface area (Å²) in [7, 11) is 0. The van der Waals surface area contributed by atoms with Gasteiger partial charge in [0.1, 0.15) is 6.34 Å². The van der Waals surface area contributed by atoms with E-state index < -0.39 is 23.4 Å². The second-order valence-corrected chi connectivity index (χ2v) is 6.58. The maximum atomic E-state index is 12.5. The van der Waals surface area contributed by atoms with E-state index in [0.29, 0.717) is 0 Å². The van der Waals surface area contributed by atoms with Crippen molar-refractivity contribution >= 4 is 18.2 Å². The summed E-state index contributed by atoms with van der Waals surface area (Å²) in [6.45, 7) is 0. The molecule has 28 heavy (non-hydrogen) atoms. The van der Waals surface area contributed by atoms with Gasteiger partial charge in [0.25, 0.3) is 5.91 Å². The molecule has 0 bridgehead atoms. The van der Waals surface area contributed by atoms with Crippen molar-refractivity contribution in [3.05, 3.63) is 108 Å². The van der Waals surface area contributed by atoms with E-state index in [2.05, 4.69) is 11.3 Å². The fraction of sp³-hybridized carbons (Fsp3) is 0.0870. The number of nitrogens with two attached hydrogens (primary N) is 1. The van der Waals surface area contributed by atoms with Crippen LogP contribution in [0.25, 0.3) is 0 Å². The number of carbonyl (C=O) groups excluding carboxylic acids is 2. The van der Waals surface area contributed by atoms with Crippen LogP contribution in [-0.4, -0.2) is 29.1 Å². The average Bonchev–Trinajstić information content (AvgIpc) is 3.13. The molecule has 3 N–H and O–H groups in total. The average molecular weight is 369 g/mol. The number of amides is 2. The zero-order valence-corrected chi connectivity index (χ0v) is 15.1. The van der Waals surface area contributed by atoms with Gasteiger partial charge in [-0.25, -0.2) is 0 Å². The molecule has 1 aliphatic heterocycles. The minimum atomic E-state index is -1.18. The molecule has 0 saturated carbocycles. The molecule has 0 fully saturated rings. The molecule has 5 heteroatoms. The Balaban J connectivity index is 2.09. The summed E-state index contributed by atoms with van der Waals surface area (Å²) in [6.07, 6.45) is 2.91. The van der Waals surface area contributed by atoms with Gasteiger partial charge in [0.15, 0.2) is 11.6 Å². The number of hydrogen-bond donors (Lipinski definition) is 2. The van der Waals surface area contributed by atoms with Gasteiger partial charge in [-0.2, -0.15) is 0 Å². The van der Waals surface area contributed by atoms with Gasteiger partial charge in [-0.15, -0.1) is 0 Å².